The predicted molar refractivity (Wildman–Crippen MR) is 92.3 cm³/mol. The fourth-order valence-corrected chi connectivity index (χ4v) is 1.92. The van der Waals surface area contributed by atoms with Gasteiger partial charge in [-0.05, 0) is 25.0 Å². The molecule has 0 radical (unpaired) electrons. The molecule has 0 fully saturated rings. The fraction of sp³-hybridized carbons (Fsp3) is 0.471. The third-order valence-corrected chi connectivity index (χ3v) is 3.46. The Morgan fingerprint density at radius 3 is 2.38 bits per heavy atom. The Hall–Kier alpha value is -2.41. The van der Waals surface area contributed by atoms with Crippen molar-refractivity contribution in [2.24, 2.45) is 11.7 Å². The van der Waals surface area contributed by atoms with Gasteiger partial charge in [0, 0.05) is 18.7 Å². The number of carbonyl (C=O) groups excluding carboxylic acids is 3. The molecular formula is C17H26N4O3. The van der Waals surface area contributed by atoms with Crippen molar-refractivity contribution in [3.63, 3.8) is 0 Å². The summed E-state index contributed by atoms with van der Waals surface area (Å²) in [5.74, 6) is -0.869. The van der Waals surface area contributed by atoms with E-state index in [-0.39, 0.29) is 36.7 Å². The van der Waals surface area contributed by atoms with E-state index >= 15 is 0 Å². The molecule has 0 bridgehead atoms. The second-order valence-electron chi connectivity index (χ2n) is 5.96. The van der Waals surface area contributed by atoms with Crippen molar-refractivity contribution in [3.8, 4) is 0 Å². The van der Waals surface area contributed by atoms with Crippen LogP contribution in [0.5, 0.6) is 0 Å². The molecule has 0 spiro atoms. The second kappa shape index (κ2) is 9.67. The lowest BCUT2D eigenvalue weighted by molar-refractivity contribution is -0.127. The highest BCUT2D eigenvalue weighted by Crippen LogP contribution is 2.03. The van der Waals surface area contributed by atoms with Gasteiger partial charge in [-0.25, -0.2) is 0 Å². The van der Waals surface area contributed by atoms with Gasteiger partial charge in [-0.1, -0.05) is 31.5 Å². The van der Waals surface area contributed by atoms with Gasteiger partial charge < -0.3 is 21.7 Å². The lowest BCUT2D eigenvalue weighted by Crippen LogP contribution is -2.47. The van der Waals surface area contributed by atoms with Crippen LogP contribution in [0.1, 0.15) is 29.8 Å². The number of hydrogen-bond donors (Lipinski definition) is 4. The van der Waals surface area contributed by atoms with E-state index < -0.39 is 6.04 Å². The summed E-state index contributed by atoms with van der Waals surface area (Å²) < 4.78 is 0. The SMILES string of the molecule is Cc1cccc(C(=O)NCCNC(=O)CNC(=O)[C@@H](N)C(C)C)c1. The van der Waals surface area contributed by atoms with Crippen LogP contribution in [0, 0.1) is 12.8 Å². The van der Waals surface area contributed by atoms with Gasteiger partial charge in [0.25, 0.3) is 5.91 Å². The van der Waals surface area contributed by atoms with E-state index in [4.69, 9.17) is 5.73 Å². The number of benzene rings is 1. The molecule has 132 valence electrons. The Bertz CT molecular complexity index is 587. The fourth-order valence-electron chi connectivity index (χ4n) is 1.92. The van der Waals surface area contributed by atoms with Crippen LogP contribution < -0.4 is 21.7 Å². The van der Waals surface area contributed by atoms with Crippen LogP contribution >= 0.6 is 0 Å². The molecule has 3 amide bonds. The van der Waals surface area contributed by atoms with Crippen molar-refractivity contribution in [1.29, 1.82) is 0 Å². The molecule has 0 aliphatic carbocycles. The number of rotatable bonds is 8. The number of nitrogens with two attached hydrogens (primary N) is 1. The maximum absolute atomic E-state index is 11.9. The van der Waals surface area contributed by atoms with Crippen molar-refractivity contribution in [1.82, 2.24) is 16.0 Å². The number of carbonyl (C=O) groups is 3. The average molecular weight is 334 g/mol. The van der Waals surface area contributed by atoms with Gasteiger partial charge in [-0.15, -0.1) is 0 Å². The van der Waals surface area contributed by atoms with Crippen LogP contribution in [0.2, 0.25) is 0 Å². The zero-order valence-electron chi connectivity index (χ0n) is 14.4. The van der Waals surface area contributed by atoms with E-state index in [0.29, 0.717) is 12.1 Å². The second-order valence-corrected chi connectivity index (χ2v) is 5.96. The number of aryl methyl sites for hydroxylation is 1. The summed E-state index contributed by atoms with van der Waals surface area (Å²) in [5, 5.41) is 7.82. The number of hydrogen-bond acceptors (Lipinski definition) is 4. The molecule has 0 unspecified atom stereocenters. The molecule has 0 aliphatic rings. The van der Waals surface area contributed by atoms with Crippen LogP contribution in [-0.2, 0) is 9.59 Å². The van der Waals surface area contributed by atoms with Gasteiger partial charge in [-0.2, -0.15) is 0 Å². The van der Waals surface area contributed by atoms with Crippen LogP contribution in [0.25, 0.3) is 0 Å². The summed E-state index contributed by atoms with van der Waals surface area (Å²) in [6.45, 7) is 6.03. The molecule has 7 heteroatoms. The first kappa shape index (κ1) is 19.6. The van der Waals surface area contributed by atoms with Gasteiger partial charge in [0.15, 0.2) is 0 Å². The minimum atomic E-state index is -0.633. The first-order valence-electron chi connectivity index (χ1n) is 7.96. The summed E-state index contributed by atoms with van der Waals surface area (Å²) in [7, 11) is 0. The summed E-state index contributed by atoms with van der Waals surface area (Å²) >= 11 is 0. The van der Waals surface area contributed by atoms with Crippen LogP contribution in [0.3, 0.4) is 0 Å². The molecule has 24 heavy (non-hydrogen) atoms. The Kier molecular flexibility index (Phi) is 7.91. The van der Waals surface area contributed by atoms with Gasteiger partial charge in [0.05, 0.1) is 12.6 Å². The Morgan fingerprint density at radius 2 is 1.75 bits per heavy atom. The van der Waals surface area contributed by atoms with Crippen LogP contribution in [0.4, 0.5) is 0 Å². The predicted octanol–water partition coefficient (Wildman–Crippen LogP) is -0.0595. The van der Waals surface area contributed by atoms with E-state index in [1.54, 1.807) is 12.1 Å². The largest absolute Gasteiger partial charge is 0.353 e. The summed E-state index contributed by atoms with van der Waals surface area (Å²) in [6.07, 6.45) is 0. The highest BCUT2D eigenvalue weighted by atomic mass is 16.2. The Labute approximate surface area is 142 Å². The quantitative estimate of drug-likeness (QED) is 0.499. The van der Waals surface area contributed by atoms with Gasteiger partial charge >= 0.3 is 0 Å². The molecule has 1 aromatic rings. The highest BCUT2D eigenvalue weighted by molar-refractivity contribution is 5.94. The molecule has 0 aromatic heterocycles. The summed E-state index contributed by atoms with van der Waals surface area (Å²) in [6, 6.07) is 6.62. The van der Waals surface area contributed by atoms with Crippen molar-refractivity contribution < 1.29 is 14.4 Å². The third kappa shape index (κ3) is 6.78. The first-order chi connectivity index (χ1) is 11.3. The summed E-state index contributed by atoms with van der Waals surface area (Å²) in [5.41, 5.74) is 7.26. The standard InChI is InChI=1S/C17H26N4O3/c1-11(2)15(18)17(24)21-10-14(22)19-7-8-20-16(23)13-6-4-5-12(3)9-13/h4-6,9,11,15H,7-8,10,18H2,1-3H3,(H,19,22)(H,20,23)(H,21,24)/t15-/m0/s1. The summed E-state index contributed by atoms with van der Waals surface area (Å²) in [4.78, 5) is 35.1. The van der Waals surface area contributed by atoms with Crippen molar-refractivity contribution in [2.45, 2.75) is 26.8 Å². The monoisotopic (exact) mass is 334 g/mol. The van der Waals surface area contributed by atoms with Crippen molar-refractivity contribution in [2.75, 3.05) is 19.6 Å². The molecule has 0 saturated heterocycles. The number of amides is 3. The molecule has 0 heterocycles. The lowest BCUT2D eigenvalue weighted by Gasteiger charge is -2.15. The topological polar surface area (TPSA) is 113 Å². The molecule has 1 atom stereocenters. The van der Waals surface area contributed by atoms with Crippen molar-refractivity contribution >= 4 is 17.7 Å². The molecule has 0 aliphatic heterocycles. The Balaban J connectivity index is 2.22. The lowest BCUT2D eigenvalue weighted by atomic mass is 10.1. The van der Waals surface area contributed by atoms with Crippen LogP contribution in [0.15, 0.2) is 24.3 Å². The van der Waals surface area contributed by atoms with E-state index in [1.165, 1.54) is 0 Å². The zero-order valence-corrected chi connectivity index (χ0v) is 14.4. The maximum atomic E-state index is 11.9. The van der Waals surface area contributed by atoms with E-state index in [0.717, 1.165) is 5.56 Å². The van der Waals surface area contributed by atoms with Gasteiger partial charge in [-0.3, -0.25) is 14.4 Å². The third-order valence-electron chi connectivity index (χ3n) is 3.46. The Morgan fingerprint density at radius 1 is 1.08 bits per heavy atom. The van der Waals surface area contributed by atoms with Gasteiger partial charge in [0.1, 0.15) is 0 Å². The number of nitrogens with one attached hydrogen (secondary N) is 3. The smallest absolute Gasteiger partial charge is 0.251 e. The van der Waals surface area contributed by atoms with Crippen LogP contribution in [-0.4, -0.2) is 43.4 Å². The van der Waals surface area contributed by atoms with E-state index in [2.05, 4.69) is 16.0 Å². The zero-order chi connectivity index (χ0) is 18.1. The molecule has 0 saturated carbocycles. The van der Waals surface area contributed by atoms with E-state index in [1.807, 2.05) is 32.9 Å². The molecule has 7 nitrogen and oxygen atoms in total. The normalized spacial score (nSPS) is 11.7. The minimum absolute atomic E-state index is 0.00453. The molecular weight excluding hydrogens is 308 g/mol. The molecule has 5 N–H and O–H groups in total. The minimum Gasteiger partial charge on any atom is -0.353 e. The molecule has 1 rings (SSSR count). The van der Waals surface area contributed by atoms with E-state index in [9.17, 15) is 14.4 Å². The maximum Gasteiger partial charge on any atom is 0.251 e. The molecule has 1 aromatic carbocycles. The average Bonchev–Trinajstić information content (AvgIpc) is 2.55. The van der Waals surface area contributed by atoms with Gasteiger partial charge in [0.2, 0.25) is 11.8 Å². The first-order valence-corrected chi connectivity index (χ1v) is 7.96. The van der Waals surface area contributed by atoms with Crippen molar-refractivity contribution in [3.05, 3.63) is 35.4 Å². The highest BCUT2D eigenvalue weighted by Gasteiger charge is 2.17.